The average molecular weight is 262 g/mol. The van der Waals surface area contributed by atoms with Gasteiger partial charge in [-0.25, -0.2) is 0 Å². The minimum atomic E-state index is -0.384. The molecule has 2 rings (SSSR count). The molecule has 1 aliphatic rings. The lowest BCUT2D eigenvalue weighted by atomic mass is 9.86. The predicted molar refractivity (Wildman–Crippen MR) is 78.4 cm³/mol. The molecule has 0 bridgehead atoms. The third-order valence-electron chi connectivity index (χ3n) is 4.07. The molecule has 1 heterocycles. The van der Waals surface area contributed by atoms with E-state index in [2.05, 4.69) is 13.8 Å². The summed E-state index contributed by atoms with van der Waals surface area (Å²) in [7, 11) is 0. The highest BCUT2D eigenvalue weighted by molar-refractivity contribution is 5.37. The molecule has 0 aromatic heterocycles. The first kappa shape index (κ1) is 14.4. The van der Waals surface area contributed by atoms with Crippen LogP contribution >= 0.6 is 0 Å². The molecule has 2 atom stereocenters. The fourth-order valence-corrected chi connectivity index (χ4v) is 2.93. The largest absolute Gasteiger partial charge is 0.487 e. The van der Waals surface area contributed by atoms with Crippen LogP contribution in [0.15, 0.2) is 24.3 Å². The fourth-order valence-electron chi connectivity index (χ4n) is 2.93. The molecule has 0 aliphatic carbocycles. The van der Waals surface area contributed by atoms with E-state index >= 15 is 0 Å². The van der Waals surface area contributed by atoms with Crippen LogP contribution in [0.25, 0.3) is 0 Å². The molecule has 1 aliphatic heterocycles. The molecule has 0 amide bonds. The van der Waals surface area contributed by atoms with Crippen molar-refractivity contribution in [3.63, 3.8) is 0 Å². The second-order valence-electron chi connectivity index (χ2n) is 5.97. The van der Waals surface area contributed by atoms with Crippen molar-refractivity contribution in [2.75, 3.05) is 0 Å². The first-order chi connectivity index (χ1) is 9.14. The van der Waals surface area contributed by atoms with Crippen LogP contribution < -0.4 is 4.74 Å². The number of rotatable bonds is 6. The van der Waals surface area contributed by atoms with Crippen molar-refractivity contribution in [2.45, 2.75) is 70.5 Å². The highest BCUT2D eigenvalue weighted by Gasteiger charge is 2.35. The summed E-state index contributed by atoms with van der Waals surface area (Å²) in [5.74, 6) is 0.859. The van der Waals surface area contributed by atoms with E-state index in [1.54, 1.807) is 0 Å². The highest BCUT2D eigenvalue weighted by atomic mass is 16.5. The topological polar surface area (TPSA) is 29.5 Å². The van der Waals surface area contributed by atoms with Gasteiger partial charge in [0, 0.05) is 12.0 Å². The number of benzene rings is 1. The van der Waals surface area contributed by atoms with Crippen LogP contribution in [0.4, 0.5) is 0 Å². The molecule has 0 saturated heterocycles. The Morgan fingerprint density at radius 1 is 1.21 bits per heavy atom. The summed E-state index contributed by atoms with van der Waals surface area (Å²) in [6.07, 6.45) is 7.72. The van der Waals surface area contributed by atoms with E-state index in [0.717, 1.165) is 17.7 Å². The van der Waals surface area contributed by atoms with E-state index < -0.39 is 0 Å². The van der Waals surface area contributed by atoms with Crippen LogP contribution in [-0.2, 0) is 0 Å². The van der Waals surface area contributed by atoms with E-state index in [4.69, 9.17) is 4.74 Å². The van der Waals surface area contributed by atoms with Gasteiger partial charge in [-0.15, -0.1) is 0 Å². The maximum atomic E-state index is 10.3. The Morgan fingerprint density at radius 3 is 2.74 bits per heavy atom. The van der Waals surface area contributed by atoms with Crippen LogP contribution in [0.2, 0.25) is 0 Å². The van der Waals surface area contributed by atoms with Crippen LogP contribution in [0.1, 0.15) is 70.5 Å². The number of unbranched alkanes of at least 4 members (excludes halogenated alkanes) is 4. The molecule has 1 aromatic rings. The summed E-state index contributed by atoms with van der Waals surface area (Å²) in [5, 5.41) is 10.3. The molecule has 2 nitrogen and oxygen atoms in total. The van der Waals surface area contributed by atoms with Gasteiger partial charge in [0.2, 0.25) is 0 Å². The Morgan fingerprint density at radius 2 is 1.95 bits per heavy atom. The SMILES string of the molecule is CCCCCCCC1(C)C[C@@H](O)c2ccccc2O1. The van der Waals surface area contributed by atoms with Crippen LogP contribution in [0.3, 0.4) is 0 Å². The summed E-state index contributed by atoms with van der Waals surface area (Å²) in [4.78, 5) is 0. The van der Waals surface area contributed by atoms with E-state index in [9.17, 15) is 5.11 Å². The maximum absolute atomic E-state index is 10.3. The van der Waals surface area contributed by atoms with Gasteiger partial charge in [-0.2, -0.15) is 0 Å². The van der Waals surface area contributed by atoms with Gasteiger partial charge in [0.25, 0.3) is 0 Å². The summed E-state index contributed by atoms with van der Waals surface area (Å²) >= 11 is 0. The van der Waals surface area contributed by atoms with E-state index in [0.29, 0.717) is 6.42 Å². The number of aliphatic hydroxyl groups excluding tert-OH is 1. The number of aliphatic hydroxyl groups is 1. The lowest BCUT2D eigenvalue weighted by Gasteiger charge is -2.38. The zero-order valence-corrected chi connectivity index (χ0v) is 12.2. The Bertz CT molecular complexity index is 402. The van der Waals surface area contributed by atoms with Crippen LogP contribution in [0.5, 0.6) is 5.75 Å². The van der Waals surface area contributed by atoms with Crippen molar-refractivity contribution in [1.29, 1.82) is 0 Å². The average Bonchev–Trinajstić information content (AvgIpc) is 2.38. The van der Waals surface area contributed by atoms with Crippen molar-refractivity contribution in [2.24, 2.45) is 0 Å². The lowest BCUT2D eigenvalue weighted by Crippen LogP contribution is -2.38. The molecule has 2 heteroatoms. The Kier molecular flexibility index (Phi) is 4.87. The quantitative estimate of drug-likeness (QED) is 0.758. The molecular weight excluding hydrogens is 236 g/mol. The Hall–Kier alpha value is -1.02. The number of hydrogen-bond donors (Lipinski definition) is 1. The molecular formula is C17H26O2. The number of hydrogen-bond acceptors (Lipinski definition) is 2. The van der Waals surface area contributed by atoms with Gasteiger partial charge in [0.15, 0.2) is 0 Å². The van der Waals surface area contributed by atoms with Gasteiger partial charge in [-0.05, 0) is 25.8 Å². The standard InChI is InChI=1S/C17H26O2/c1-3-4-5-6-9-12-17(2)13-15(18)14-10-7-8-11-16(14)19-17/h7-8,10-11,15,18H,3-6,9,12-13H2,1-2H3/t15-,17?/m1/s1. The third kappa shape index (κ3) is 3.73. The predicted octanol–water partition coefficient (Wildman–Crippen LogP) is 4.62. The number of fused-ring (bicyclic) bond motifs is 1. The molecule has 0 radical (unpaired) electrons. The maximum Gasteiger partial charge on any atom is 0.125 e. The lowest BCUT2D eigenvalue weighted by molar-refractivity contribution is -0.00848. The molecule has 1 unspecified atom stereocenters. The van der Waals surface area contributed by atoms with E-state index in [1.165, 1.54) is 32.1 Å². The molecule has 0 fully saturated rings. The Balaban J connectivity index is 1.91. The minimum absolute atomic E-state index is 0.208. The number of para-hydroxylation sites is 1. The monoisotopic (exact) mass is 262 g/mol. The smallest absolute Gasteiger partial charge is 0.125 e. The van der Waals surface area contributed by atoms with Crippen molar-refractivity contribution >= 4 is 0 Å². The second kappa shape index (κ2) is 6.42. The van der Waals surface area contributed by atoms with E-state index in [-0.39, 0.29) is 11.7 Å². The summed E-state index contributed by atoms with van der Waals surface area (Å²) in [6.45, 7) is 4.37. The molecule has 0 saturated carbocycles. The van der Waals surface area contributed by atoms with Crippen LogP contribution in [0, 0.1) is 0 Å². The van der Waals surface area contributed by atoms with Crippen molar-refractivity contribution in [1.82, 2.24) is 0 Å². The van der Waals surface area contributed by atoms with Crippen molar-refractivity contribution in [3.8, 4) is 5.75 Å². The zero-order valence-electron chi connectivity index (χ0n) is 12.2. The molecule has 1 aromatic carbocycles. The van der Waals surface area contributed by atoms with Crippen LogP contribution in [-0.4, -0.2) is 10.7 Å². The van der Waals surface area contributed by atoms with Gasteiger partial charge in [0.1, 0.15) is 11.4 Å². The summed E-state index contributed by atoms with van der Waals surface area (Å²) < 4.78 is 6.14. The third-order valence-corrected chi connectivity index (χ3v) is 4.07. The minimum Gasteiger partial charge on any atom is -0.487 e. The van der Waals surface area contributed by atoms with Gasteiger partial charge >= 0.3 is 0 Å². The van der Waals surface area contributed by atoms with Crippen molar-refractivity contribution in [3.05, 3.63) is 29.8 Å². The zero-order chi connectivity index (χ0) is 13.7. The highest BCUT2D eigenvalue weighted by Crippen LogP contribution is 2.41. The second-order valence-corrected chi connectivity index (χ2v) is 5.97. The summed E-state index contributed by atoms with van der Waals surface area (Å²) in [5.41, 5.74) is 0.728. The van der Waals surface area contributed by atoms with E-state index in [1.807, 2.05) is 24.3 Å². The molecule has 19 heavy (non-hydrogen) atoms. The van der Waals surface area contributed by atoms with Gasteiger partial charge in [0.05, 0.1) is 6.10 Å². The van der Waals surface area contributed by atoms with Gasteiger partial charge in [-0.3, -0.25) is 0 Å². The molecule has 1 N–H and O–H groups in total. The fraction of sp³-hybridized carbons (Fsp3) is 0.647. The van der Waals surface area contributed by atoms with Gasteiger partial charge in [-0.1, -0.05) is 50.8 Å². The first-order valence-electron chi connectivity index (χ1n) is 7.60. The normalized spacial score (nSPS) is 25.7. The molecule has 0 spiro atoms. The van der Waals surface area contributed by atoms with Crippen molar-refractivity contribution < 1.29 is 9.84 Å². The van der Waals surface area contributed by atoms with Gasteiger partial charge < -0.3 is 9.84 Å². The summed E-state index contributed by atoms with van der Waals surface area (Å²) in [6, 6.07) is 7.85. The number of ether oxygens (including phenoxy) is 1. The molecule has 106 valence electrons. The Labute approximate surface area is 116 Å². The first-order valence-corrected chi connectivity index (χ1v) is 7.60.